The van der Waals surface area contributed by atoms with Crippen molar-refractivity contribution in [1.29, 1.82) is 0 Å². The Kier molecular flexibility index (Phi) is 5.18. The standard InChI is InChI=1S/C21H22OTe/c1-18(2)22-23(19-12-6-3-7-13-19,20-14-8-4-9-15-20)21-16-10-5-11-17-21/h3-18H,1-2H3. The number of benzene rings is 3. The van der Waals surface area contributed by atoms with E-state index in [4.69, 9.17) is 3.10 Å². The second-order valence-corrected chi connectivity index (χ2v) is 13.4. The molecule has 1 nitrogen and oxygen atoms in total. The van der Waals surface area contributed by atoms with Gasteiger partial charge in [-0.1, -0.05) is 0 Å². The molecular weight excluding hydrogens is 396 g/mol. The Morgan fingerprint density at radius 2 is 0.870 bits per heavy atom. The van der Waals surface area contributed by atoms with E-state index in [1.54, 1.807) is 0 Å². The summed E-state index contributed by atoms with van der Waals surface area (Å²) in [5.41, 5.74) is 0. The van der Waals surface area contributed by atoms with Gasteiger partial charge in [0.2, 0.25) is 0 Å². The molecule has 0 aliphatic rings. The average molecular weight is 418 g/mol. The topological polar surface area (TPSA) is 9.23 Å². The zero-order valence-corrected chi connectivity index (χ0v) is 15.9. The molecule has 118 valence electrons. The van der Waals surface area contributed by atoms with Crippen LogP contribution in [-0.2, 0) is 3.10 Å². The van der Waals surface area contributed by atoms with Crippen molar-refractivity contribution in [3.05, 3.63) is 91.0 Å². The predicted octanol–water partition coefficient (Wildman–Crippen LogP) is 3.08. The molecule has 0 bridgehead atoms. The van der Waals surface area contributed by atoms with E-state index in [2.05, 4.69) is 105 Å². The van der Waals surface area contributed by atoms with Crippen molar-refractivity contribution < 1.29 is 3.10 Å². The second-order valence-electron chi connectivity index (χ2n) is 5.64. The van der Waals surface area contributed by atoms with Gasteiger partial charge in [0.1, 0.15) is 0 Å². The van der Waals surface area contributed by atoms with Crippen LogP contribution in [0.25, 0.3) is 0 Å². The van der Waals surface area contributed by atoms with Gasteiger partial charge >= 0.3 is 143 Å². The monoisotopic (exact) mass is 420 g/mol. The molecule has 2 heteroatoms. The summed E-state index contributed by atoms with van der Waals surface area (Å²) in [5, 5.41) is 0. The summed E-state index contributed by atoms with van der Waals surface area (Å²) in [6, 6.07) is 32.3. The Morgan fingerprint density at radius 1 is 0.565 bits per heavy atom. The third-order valence-corrected chi connectivity index (χ3v) is 13.5. The normalized spacial score (nSPS) is 12.3. The van der Waals surface area contributed by atoms with Crippen LogP contribution in [0.15, 0.2) is 91.0 Å². The van der Waals surface area contributed by atoms with Crippen molar-refractivity contribution in [1.82, 2.24) is 0 Å². The zero-order chi connectivity index (χ0) is 16.1. The van der Waals surface area contributed by atoms with Crippen LogP contribution in [0.1, 0.15) is 13.8 Å². The van der Waals surface area contributed by atoms with Crippen LogP contribution in [0.4, 0.5) is 0 Å². The molecule has 0 heterocycles. The molecule has 3 aromatic rings. The summed E-state index contributed by atoms with van der Waals surface area (Å²) < 4.78 is 10.8. The van der Waals surface area contributed by atoms with Crippen LogP contribution in [-0.4, -0.2) is 24.7 Å². The minimum atomic E-state index is -3.18. The Labute approximate surface area is 143 Å². The van der Waals surface area contributed by atoms with Crippen LogP contribution in [0.5, 0.6) is 0 Å². The van der Waals surface area contributed by atoms with E-state index in [0.29, 0.717) is 0 Å². The summed E-state index contributed by atoms with van der Waals surface area (Å²) >= 11 is -3.18. The second kappa shape index (κ2) is 7.32. The van der Waals surface area contributed by atoms with Crippen LogP contribution in [0, 0.1) is 0 Å². The van der Waals surface area contributed by atoms with Crippen LogP contribution in [0.3, 0.4) is 0 Å². The molecule has 23 heavy (non-hydrogen) atoms. The molecular formula is C21H22OTe. The quantitative estimate of drug-likeness (QED) is 0.580. The van der Waals surface area contributed by atoms with E-state index < -0.39 is 18.6 Å². The Bertz CT molecular complexity index is 627. The Morgan fingerprint density at radius 3 is 1.13 bits per heavy atom. The molecule has 0 N–H and O–H groups in total. The van der Waals surface area contributed by atoms with Gasteiger partial charge in [-0.2, -0.15) is 0 Å². The molecule has 0 amide bonds. The van der Waals surface area contributed by atoms with E-state index in [0.717, 1.165) is 0 Å². The van der Waals surface area contributed by atoms with Gasteiger partial charge < -0.3 is 0 Å². The molecule has 0 saturated heterocycles. The van der Waals surface area contributed by atoms with E-state index >= 15 is 0 Å². The molecule has 0 aliphatic heterocycles. The molecule has 3 aromatic carbocycles. The van der Waals surface area contributed by atoms with Gasteiger partial charge in [0.25, 0.3) is 0 Å². The molecule has 0 fully saturated rings. The van der Waals surface area contributed by atoms with Crippen molar-refractivity contribution in [2.75, 3.05) is 0 Å². The van der Waals surface area contributed by atoms with Gasteiger partial charge in [0, 0.05) is 0 Å². The third-order valence-electron chi connectivity index (χ3n) is 3.56. The van der Waals surface area contributed by atoms with E-state index in [1.807, 2.05) is 0 Å². The first-order chi connectivity index (χ1) is 11.2. The van der Waals surface area contributed by atoms with Crippen molar-refractivity contribution in [3.8, 4) is 0 Å². The summed E-state index contributed by atoms with van der Waals surface area (Å²) in [4.78, 5) is 0. The number of hydrogen-bond donors (Lipinski definition) is 0. The summed E-state index contributed by atoms with van der Waals surface area (Å²) in [6.07, 6.45) is 0.178. The molecule has 0 aliphatic carbocycles. The van der Waals surface area contributed by atoms with E-state index in [1.165, 1.54) is 10.8 Å². The van der Waals surface area contributed by atoms with Gasteiger partial charge in [0.05, 0.1) is 0 Å². The van der Waals surface area contributed by atoms with Crippen molar-refractivity contribution >= 4 is 29.4 Å². The maximum atomic E-state index is 6.79. The Hall–Kier alpha value is -1.59. The minimum absolute atomic E-state index is 0.178. The Balaban J connectivity index is 2.30. The maximum absolute atomic E-state index is 6.79. The van der Waals surface area contributed by atoms with Gasteiger partial charge in [-0.3, -0.25) is 0 Å². The number of hydrogen-bond acceptors (Lipinski definition) is 1. The van der Waals surface area contributed by atoms with Crippen LogP contribution in [0.2, 0.25) is 0 Å². The molecule has 0 saturated carbocycles. The summed E-state index contributed by atoms with van der Waals surface area (Å²) in [5.74, 6) is 0. The van der Waals surface area contributed by atoms with E-state index in [-0.39, 0.29) is 6.10 Å². The molecule has 0 radical (unpaired) electrons. The van der Waals surface area contributed by atoms with E-state index in [9.17, 15) is 0 Å². The fraction of sp³-hybridized carbons (Fsp3) is 0.143. The first-order valence-corrected chi connectivity index (χ1v) is 12.3. The van der Waals surface area contributed by atoms with Gasteiger partial charge in [-0.05, 0) is 0 Å². The van der Waals surface area contributed by atoms with Crippen molar-refractivity contribution in [2.24, 2.45) is 0 Å². The summed E-state index contributed by atoms with van der Waals surface area (Å²) in [7, 11) is 0. The van der Waals surface area contributed by atoms with Crippen LogP contribution < -0.4 is 10.8 Å². The molecule has 0 unspecified atom stereocenters. The predicted molar refractivity (Wildman–Crippen MR) is 100 cm³/mol. The fourth-order valence-electron chi connectivity index (χ4n) is 2.70. The average Bonchev–Trinajstić information content (AvgIpc) is 2.62. The van der Waals surface area contributed by atoms with Crippen molar-refractivity contribution in [2.45, 2.75) is 20.0 Å². The van der Waals surface area contributed by atoms with Crippen molar-refractivity contribution in [3.63, 3.8) is 0 Å². The third kappa shape index (κ3) is 3.35. The van der Waals surface area contributed by atoms with Gasteiger partial charge in [-0.25, -0.2) is 0 Å². The molecule has 3 rings (SSSR count). The SMILES string of the molecule is CC(C)O[Te](c1ccccc1)(c1ccccc1)c1ccccc1. The molecule has 0 atom stereocenters. The summed E-state index contributed by atoms with van der Waals surface area (Å²) in [6.45, 7) is 4.27. The molecule has 0 aromatic heterocycles. The van der Waals surface area contributed by atoms with Crippen LogP contribution >= 0.6 is 0 Å². The first kappa shape index (κ1) is 16.3. The fourth-order valence-corrected chi connectivity index (χ4v) is 12.3. The first-order valence-electron chi connectivity index (χ1n) is 7.90. The van der Waals surface area contributed by atoms with Gasteiger partial charge in [-0.15, -0.1) is 0 Å². The zero-order valence-electron chi connectivity index (χ0n) is 13.6. The van der Waals surface area contributed by atoms with Gasteiger partial charge in [0.15, 0.2) is 0 Å². The number of rotatable bonds is 5. The molecule has 0 spiro atoms.